The summed E-state index contributed by atoms with van der Waals surface area (Å²) in [5.74, 6) is 0.743. The summed E-state index contributed by atoms with van der Waals surface area (Å²) in [6, 6.07) is 9.14. The van der Waals surface area contributed by atoms with Crippen LogP contribution in [-0.4, -0.2) is 25.1 Å². The van der Waals surface area contributed by atoms with Gasteiger partial charge in [-0.15, -0.1) is 12.4 Å². The van der Waals surface area contributed by atoms with E-state index < -0.39 is 6.04 Å². The van der Waals surface area contributed by atoms with E-state index >= 15 is 0 Å². The highest BCUT2D eigenvalue weighted by Crippen LogP contribution is 2.17. The lowest BCUT2D eigenvalue weighted by Crippen LogP contribution is -2.48. The monoisotopic (exact) mass is 300 g/mol. The summed E-state index contributed by atoms with van der Waals surface area (Å²) in [5, 5.41) is 2.83. The van der Waals surface area contributed by atoms with E-state index in [1.807, 2.05) is 51.1 Å². The quantitative estimate of drug-likeness (QED) is 0.793. The van der Waals surface area contributed by atoms with Gasteiger partial charge in [-0.2, -0.15) is 0 Å². The number of hydrogen-bond donors (Lipinski definition) is 2. The Morgan fingerprint density at radius 2 is 1.90 bits per heavy atom. The number of nitrogens with two attached hydrogens (primary N) is 1. The fourth-order valence-corrected chi connectivity index (χ4v) is 1.49. The number of benzene rings is 1. The number of hydrogen-bond acceptors (Lipinski definition) is 3. The molecular weight excluding hydrogens is 276 g/mol. The zero-order valence-electron chi connectivity index (χ0n) is 12.4. The van der Waals surface area contributed by atoms with Crippen molar-refractivity contribution in [2.75, 3.05) is 13.2 Å². The van der Waals surface area contributed by atoms with Gasteiger partial charge in [0.2, 0.25) is 5.91 Å². The smallest absolute Gasteiger partial charge is 0.237 e. The van der Waals surface area contributed by atoms with Crippen molar-refractivity contribution in [2.45, 2.75) is 33.2 Å². The molecule has 114 valence electrons. The molecule has 0 saturated heterocycles. The molecule has 5 heteroatoms. The lowest BCUT2D eigenvalue weighted by molar-refractivity contribution is -0.124. The van der Waals surface area contributed by atoms with Gasteiger partial charge in [0.25, 0.3) is 0 Å². The first-order valence-electron chi connectivity index (χ1n) is 6.62. The molecule has 4 nitrogen and oxygen atoms in total. The molecule has 1 atom stereocenters. The van der Waals surface area contributed by atoms with Crippen LogP contribution in [0.4, 0.5) is 0 Å². The lowest BCUT2D eigenvalue weighted by Gasteiger charge is -2.25. The summed E-state index contributed by atoms with van der Waals surface area (Å²) in [6.07, 6.45) is 0.761. The highest BCUT2D eigenvalue weighted by Gasteiger charge is 2.26. The van der Waals surface area contributed by atoms with Crippen LogP contribution < -0.4 is 15.8 Å². The number of rotatable bonds is 6. The molecule has 0 spiro atoms. The summed E-state index contributed by atoms with van der Waals surface area (Å²) in [6.45, 7) is 7.02. The Kier molecular flexibility index (Phi) is 8.26. The highest BCUT2D eigenvalue weighted by atomic mass is 35.5. The van der Waals surface area contributed by atoms with Crippen LogP contribution in [0.3, 0.4) is 0 Å². The van der Waals surface area contributed by atoms with Gasteiger partial charge in [0.1, 0.15) is 5.75 Å². The van der Waals surface area contributed by atoms with Crippen molar-refractivity contribution in [2.24, 2.45) is 11.1 Å². The first kappa shape index (κ1) is 18.7. The maximum Gasteiger partial charge on any atom is 0.237 e. The van der Waals surface area contributed by atoms with Crippen LogP contribution in [0.2, 0.25) is 0 Å². The van der Waals surface area contributed by atoms with Crippen LogP contribution >= 0.6 is 12.4 Å². The van der Waals surface area contributed by atoms with Crippen molar-refractivity contribution in [3.63, 3.8) is 0 Å². The fraction of sp³-hybridized carbons (Fsp3) is 0.533. The van der Waals surface area contributed by atoms with Gasteiger partial charge >= 0.3 is 0 Å². The highest BCUT2D eigenvalue weighted by molar-refractivity contribution is 5.85. The fourth-order valence-electron chi connectivity index (χ4n) is 1.49. The van der Waals surface area contributed by atoms with Gasteiger partial charge in [-0.3, -0.25) is 4.79 Å². The van der Waals surface area contributed by atoms with Gasteiger partial charge in [-0.1, -0.05) is 39.0 Å². The van der Waals surface area contributed by atoms with Crippen molar-refractivity contribution in [3.8, 4) is 5.75 Å². The molecule has 1 aromatic rings. The summed E-state index contributed by atoms with van der Waals surface area (Å²) in [7, 11) is 0. The SMILES string of the molecule is CC(C)(C)[C@H](N)C(=O)NCCCOc1ccccc1.Cl. The number of para-hydroxylation sites is 1. The third-order valence-corrected chi connectivity index (χ3v) is 2.85. The Morgan fingerprint density at radius 1 is 1.30 bits per heavy atom. The third kappa shape index (κ3) is 6.78. The molecule has 3 N–H and O–H groups in total. The largest absolute Gasteiger partial charge is 0.494 e. The predicted octanol–water partition coefficient (Wildman–Crippen LogP) is 2.37. The Labute approximate surface area is 127 Å². The molecule has 0 aliphatic rings. The van der Waals surface area contributed by atoms with Gasteiger partial charge in [-0.05, 0) is 24.0 Å². The molecule has 0 fully saturated rings. The molecule has 0 unspecified atom stereocenters. The van der Waals surface area contributed by atoms with E-state index in [1.165, 1.54) is 0 Å². The molecule has 0 saturated carbocycles. The maximum absolute atomic E-state index is 11.7. The van der Waals surface area contributed by atoms with Crippen LogP contribution in [0.15, 0.2) is 30.3 Å². The number of amides is 1. The van der Waals surface area contributed by atoms with Crippen molar-refractivity contribution in [1.29, 1.82) is 0 Å². The maximum atomic E-state index is 11.7. The van der Waals surface area contributed by atoms with E-state index in [0.717, 1.165) is 12.2 Å². The van der Waals surface area contributed by atoms with Crippen molar-refractivity contribution in [1.82, 2.24) is 5.32 Å². The van der Waals surface area contributed by atoms with Crippen LogP contribution in [-0.2, 0) is 4.79 Å². The third-order valence-electron chi connectivity index (χ3n) is 2.85. The Bertz CT molecular complexity index is 391. The number of carbonyl (C=O) groups is 1. The lowest BCUT2D eigenvalue weighted by atomic mass is 9.87. The van der Waals surface area contributed by atoms with Crippen LogP contribution in [0.1, 0.15) is 27.2 Å². The van der Waals surface area contributed by atoms with E-state index in [4.69, 9.17) is 10.5 Å². The van der Waals surface area contributed by atoms with Gasteiger partial charge in [0.15, 0.2) is 0 Å². The number of nitrogens with one attached hydrogen (secondary N) is 1. The minimum atomic E-state index is -0.484. The molecule has 20 heavy (non-hydrogen) atoms. The zero-order chi connectivity index (χ0) is 14.3. The average Bonchev–Trinajstić information content (AvgIpc) is 2.37. The second-order valence-electron chi connectivity index (χ2n) is 5.65. The second-order valence-corrected chi connectivity index (χ2v) is 5.65. The van der Waals surface area contributed by atoms with E-state index in [9.17, 15) is 4.79 Å². The molecule has 0 bridgehead atoms. The molecular formula is C15H25ClN2O2. The van der Waals surface area contributed by atoms with Crippen molar-refractivity contribution >= 4 is 18.3 Å². The minimum Gasteiger partial charge on any atom is -0.494 e. The van der Waals surface area contributed by atoms with Gasteiger partial charge in [0, 0.05) is 6.54 Å². The predicted molar refractivity (Wildman–Crippen MR) is 84.2 cm³/mol. The summed E-state index contributed by atoms with van der Waals surface area (Å²) >= 11 is 0. The summed E-state index contributed by atoms with van der Waals surface area (Å²) < 4.78 is 5.53. The van der Waals surface area contributed by atoms with Crippen LogP contribution in [0.25, 0.3) is 0 Å². The van der Waals surface area contributed by atoms with E-state index in [-0.39, 0.29) is 23.7 Å². The zero-order valence-corrected chi connectivity index (χ0v) is 13.2. The molecule has 0 radical (unpaired) electrons. The van der Waals surface area contributed by atoms with Gasteiger partial charge in [0.05, 0.1) is 12.6 Å². The number of carbonyl (C=O) groups excluding carboxylic acids is 1. The normalized spacial score (nSPS) is 12.2. The minimum absolute atomic E-state index is 0. The molecule has 0 aliphatic carbocycles. The second kappa shape index (κ2) is 8.82. The Hall–Kier alpha value is -1.26. The molecule has 1 aromatic carbocycles. The topological polar surface area (TPSA) is 64.4 Å². The van der Waals surface area contributed by atoms with E-state index in [0.29, 0.717) is 13.2 Å². The molecule has 1 rings (SSSR count). The summed E-state index contributed by atoms with van der Waals surface area (Å²) in [5.41, 5.74) is 5.64. The number of halogens is 1. The number of ether oxygens (including phenoxy) is 1. The van der Waals surface area contributed by atoms with Gasteiger partial charge < -0.3 is 15.8 Å². The molecule has 0 aliphatic heterocycles. The first-order chi connectivity index (χ1) is 8.91. The molecule has 0 aromatic heterocycles. The van der Waals surface area contributed by atoms with E-state index in [2.05, 4.69) is 5.32 Å². The van der Waals surface area contributed by atoms with Crippen molar-refractivity contribution < 1.29 is 9.53 Å². The standard InChI is InChI=1S/C15H24N2O2.ClH/c1-15(2,3)13(16)14(18)17-10-7-11-19-12-8-5-4-6-9-12;/h4-6,8-9,13H,7,10-11,16H2,1-3H3,(H,17,18);1H/t13-;/m1./s1. The summed E-state index contributed by atoms with van der Waals surface area (Å²) in [4.78, 5) is 11.7. The first-order valence-corrected chi connectivity index (χ1v) is 6.62. The van der Waals surface area contributed by atoms with Gasteiger partial charge in [-0.25, -0.2) is 0 Å². The molecule has 1 amide bonds. The Morgan fingerprint density at radius 3 is 2.45 bits per heavy atom. The van der Waals surface area contributed by atoms with Crippen LogP contribution in [0, 0.1) is 5.41 Å². The van der Waals surface area contributed by atoms with Crippen LogP contribution in [0.5, 0.6) is 5.75 Å². The van der Waals surface area contributed by atoms with E-state index in [1.54, 1.807) is 0 Å². The average molecular weight is 301 g/mol. The molecule has 0 heterocycles. The van der Waals surface area contributed by atoms with Crippen molar-refractivity contribution in [3.05, 3.63) is 30.3 Å². The Balaban J connectivity index is 0.00000361.